The number of carbonyl (C=O) groups excluding carboxylic acids is 1. The van der Waals surface area contributed by atoms with E-state index in [0.29, 0.717) is 13.1 Å². The third kappa shape index (κ3) is 4.48. The predicted octanol–water partition coefficient (Wildman–Crippen LogP) is 1.41. The number of carbonyl (C=O) groups is 1. The van der Waals surface area contributed by atoms with Gasteiger partial charge in [-0.3, -0.25) is 4.79 Å². The lowest BCUT2D eigenvalue weighted by molar-refractivity contribution is -0.136. The van der Waals surface area contributed by atoms with Crippen LogP contribution in [0.15, 0.2) is 18.2 Å². The van der Waals surface area contributed by atoms with Gasteiger partial charge in [-0.2, -0.15) is 0 Å². The highest BCUT2D eigenvalue weighted by molar-refractivity contribution is 5.80. The number of ether oxygens (including phenoxy) is 1. The summed E-state index contributed by atoms with van der Waals surface area (Å²) in [5.41, 5.74) is 0. The first-order valence-electron chi connectivity index (χ1n) is 5.97. The number of likely N-dealkylation sites (N-methyl/N-ethyl adjacent to an activating group) is 2. The van der Waals surface area contributed by atoms with Gasteiger partial charge in [-0.1, -0.05) is 0 Å². The van der Waals surface area contributed by atoms with Crippen molar-refractivity contribution in [3.63, 3.8) is 0 Å². The second-order valence-electron chi connectivity index (χ2n) is 4.20. The van der Waals surface area contributed by atoms with E-state index >= 15 is 0 Å². The average Bonchev–Trinajstić information content (AvgIpc) is 2.39. The van der Waals surface area contributed by atoms with Crippen molar-refractivity contribution in [2.24, 2.45) is 0 Å². The minimum absolute atomic E-state index is 0.127. The molecule has 0 heterocycles. The van der Waals surface area contributed by atoms with Gasteiger partial charge in [0.2, 0.25) is 0 Å². The van der Waals surface area contributed by atoms with Gasteiger partial charge in [0.25, 0.3) is 5.91 Å². The molecule has 0 saturated heterocycles. The molecule has 1 unspecified atom stereocenters. The Kier molecular flexibility index (Phi) is 5.69. The normalized spacial score (nSPS) is 12.1. The topological polar surface area (TPSA) is 41.6 Å². The van der Waals surface area contributed by atoms with Crippen molar-refractivity contribution in [1.82, 2.24) is 10.2 Å². The molecule has 106 valence electrons. The smallest absolute Gasteiger partial charge is 0.263 e. The molecule has 0 spiro atoms. The zero-order valence-electron chi connectivity index (χ0n) is 11.2. The van der Waals surface area contributed by atoms with Crippen LogP contribution >= 0.6 is 0 Å². The van der Waals surface area contributed by atoms with E-state index in [9.17, 15) is 13.6 Å². The maximum atomic E-state index is 13.0. The molecule has 0 radical (unpaired) electrons. The fourth-order valence-electron chi connectivity index (χ4n) is 1.50. The maximum absolute atomic E-state index is 13.0. The van der Waals surface area contributed by atoms with Crippen LogP contribution in [0.1, 0.15) is 6.92 Å². The van der Waals surface area contributed by atoms with E-state index in [4.69, 9.17) is 4.74 Å². The minimum atomic E-state index is -0.999. The van der Waals surface area contributed by atoms with Gasteiger partial charge in [0, 0.05) is 26.2 Å². The molecule has 0 fully saturated rings. The van der Waals surface area contributed by atoms with Crippen LogP contribution in [0, 0.1) is 11.6 Å². The van der Waals surface area contributed by atoms with E-state index in [-0.39, 0.29) is 11.7 Å². The molecule has 1 rings (SSSR count). The molecule has 19 heavy (non-hydrogen) atoms. The van der Waals surface area contributed by atoms with Crippen molar-refractivity contribution in [2.75, 3.05) is 27.2 Å². The molecule has 1 aromatic carbocycles. The molecule has 0 aliphatic carbocycles. The monoisotopic (exact) mass is 272 g/mol. The molecule has 0 aromatic heterocycles. The first kappa shape index (κ1) is 15.4. The van der Waals surface area contributed by atoms with Crippen LogP contribution in [0.3, 0.4) is 0 Å². The van der Waals surface area contributed by atoms with Crippen molar-refractivity contribution >= 4 is 5.91 Å². The Hall–Kier alpha value is -1.69. The van der Waals surface area contributed by atoms with Crippen molar-refractivity contribution in [1.29, 1.82) is 0 Å². The van der Waals surface area contributed by atoms with Gasteiger partial charge in [-0.05, 0) is 26.1 Å². The largest absolute Gasteiger partial charge is 0.481 e. The Labute approximate surface area is 111 Å². The first-order chi connectivity index (χ1) is 8.95. The number of amides is 1. The van der Waals surface area contributed by atoms with Crippen LogP contribution in [-0.2, 0) is 4.79 Å². The summed E-state index contributed by atoms with van der Waals surface area (Å²) in [4.78, 5) is 13.4. The summed E-state index contributed by atoms with van der Waals surface area (Å²) in [6, 6.07) is 3.18. The van der Waals surface area contributed by atoms with Gasteiger partial charge in [0.05, 0.1) is 0 Å². The Morgan fingerprint density at radius 1 is 1.42 bits per heavy atom. The minimum Gasteiger partial charge on any atom is -0.481 e. The van der Waals surface area contributed by atoms with E-state index < -0.39 is 17.7 Å². The van der Waals surface area contributed by atoms with Gasteiger partial charge < -0.3 is 15.0 Å². The number of hydrogen-bond acceptors (Lipinski definition) is 3. The second kappa shape index (κ2) is 7.04. The highest BCUT2D eigenvalue weighted by Crippen LogP contribution is 2.17. The molecule has 1 N–H and O–H groups in total. The highest BCUT2D eigenvalue weighted by atomic mass is 19.2. The molecule has 0 aliphatic rings. The molecule has 0 saturated carbocycles. The fraction of sp³-hybridized carbons (Fsp3) is 0.462. The summed E-state index contributed by atoms with van der Waals surface area (Å²) in [6.45, 7) is 2.78. The van der Waals surface area contributed by atoms with Crippen LogP contribution in [0.5, 0.6) is 5.75 Å². The highest BCUT2D eigenvalue weighted by Gasteiger charge is 2.19. The van der Waals surface area contributed by atoms with Crippen molar-refractivity contribution < 1.29 is 18.3 Å². The van der Waals surface area contributed by atoms with E-state index in [1.165, 1.54) is 11.0 Å². The maximum Gasteiger partial charge on any atom is 0.263 e. The summed E-state index contributed by atoms with van der Waals surface area (Å²) >= 11 is 0. The zero-order valence-corrected chi connectivity index (χ0v) is 11.2. The second-order valence-corrected chi connectivity index (χ2v) is 4.20. The first-order valence-corrected chi connectivity index (χ1v) is 5.97. The Morgan fingerprint density at radius 2 is 2.11 bits per heavy atom. The molecule has 4 nitrogen and oxygen atoms in total. The van der Waals surface area contributed by atoms with E-state index in [1.807, 2.05) is 0 Å². The molecular weight excluding hydrogens is 254 g/mol. The summed E-state index contributed by atoms with van der Waals surface area (Å²) in [7, 11) is 3.45. The van der Waals surface area contributed by atoms with Gasteiger partial charge in [-0.25, -0.2) is 8.78 Å². The fourth-order valence-corrected chi connectivity index (χ4v) is 1.50. The van der Waals surface area contributed by atoms with Crippen LogP contribution in [0.2, 0.25) is 0 Å². The zero-order chi connectivity index (χ0) is 14.4. The number of rotatable bonds is 6. The van der Waals surface area contributed by atoms with E-state index in [0.717, 1.165) is 12.1 Å². The lowest BCUT2D eigenvalue weighted by Crippen LogP contribution is -2.40. The van der Waals surface area contributed by atoms with Crippen molar-refractivity contribution in [3.05, 3.63) is 29.8 Å². The molecular formula is C13H18F2N2O2. The van der Waals surface area contributed by atoms with Gasteiger partial charge in [0.15, 0.2) is 17.7 Å². The van der Waals surface area contributed by atoms with Gasteiger partial charge in [-0.15, -0.1) is 0 Å². The average molecular weight is 272 g/mol. The van der Waals surface area contributed by atoms with Crippen LogP contribution in [0.4, 0.5) is 8.78 Å². The van der Waals surface area contributed by atoms with Gasteiger partial charge in [0.1, 0.15) is 5.75 Å². The molecule has 1 amide bonds. The lowest BCUT2D eigenvalue weighted by atomic mass is 10.3. The number of benzene rings is 1. The SMILES string of the molecule is CNCCN(C)C(=O)C(C)Oc1ccc(F)c(F)c1. The summed E-state index contributed by atoms with van der Waals surface area (Å²) < 4.78 is 31.0. The van der Waals surface area contributed by atoms with Crippen LogP contribution in [-0.4, -0.2) is 44.1 Å². The Balaban J connectivity index is 2.60. The Bertz CT molecular complexity index is 441. The van der Waals surface area contributed by atoms with Gasteiger partial charge >= 0.3 is 0 Å². The van der Waals surface area contributed by atoms with E-state index in [2.05, 4.69) is 5.32 Å². The lowest BCUT2D eigenvalue weighted by Gasteiger charge is -2.22. The van der Waals surface area contributed by atoms with Crippen molar-refractivity contribution in [3.8, 4) is 5.75 Å². The molecule has 1 aromatic rings. The molecule has 0 aliphatic heterocycles. The predicted molar refractivity (Wildman–Crippen MR) is 68.0 cm³/mol. The molecule has 1 atom stereocenters. The third-order valence-corrected chi connectivity index (χ3v) is 2.63. The molecule has 6 heteroatoms. The number of nitrogens with zero attached hydrogens (tertiary/aromatic N) is 1. The molecule has 0 bridgehead atoms. The number of hydrogen-bond donors (Lipinski definition) is 1. The third-order valence-electron chi connectivity index (χ3n) is 2.63. The standard InChI is InChI=1S/C13H18F2N2O2/c1-9(13(18)17(3)7-6-16-2)19-10-4-5-11(14)12(15)8-10/h4-5,8-9,16H,6-7H2,1-3H3. The van der Waals surface area contributed by atoms with Crippen LogP contribution in [0.25, 0.3) is 0 Å². The summed E-state index contributed by atoms with van der Waals surface area (Å²) in [6.07, 6.45) is -0.758. The number of nitrogens with one attached hydrogen (secondary N) is 1. The quantitative estimate of drug-likeness (QED) is 0.851. The summed E-state index contributed by atoms with van der Waals surface area (Å²) in [5, 5.41) is 2.93. The summed E-state index contributed by atoms with van der Waals surface area (Å²) in [5.74, 6) is -2.04. The van der Waals surface area contributed by atoms with E-state index in [1.54, 1.807) is 21.0 Å². The number of halogens is 2. The Morgan fingerprint density at radius 3 is 2.68 bits per heavy atom. The van der Waals surface area contributed by atoms with Crippen LogP contribution < -0.4 is 10.1 Å². The van der Waals surface area contributed by atoms with Crippen molar-refractivity contribution in [2.45, 2.75) is 13.0 Å².